The Balaban J connectivity index is 1.45. The molecule has 3 heteroatoms. The van der Waals surface area contributed by atoms with Crippen molar-refractivity contribution in [1.82, 2.24) is 15.0 Å². The molecule has 7 aromatic rings. The summed E-state index contributed by atoms with van der Waals surface area (Å²) in [6.07, 6.45) is 0. The first-order chi connectivity index (χ1) is 22.4. The molecule has 7 rings (SSSR count). The molecule has 0 N–H and O–H groups in total. The van der Waals surface area contributed by atoms with Crippen LogP contribution in [0.4, 0.5) is 0 Å². The molecule has 0 saturated heterocycles. The lowest BCUT2D eigenvalue weighted by Gasteiger charge is -2.19. The van der Waals surface area contributed by atoms with Gasteiger partial charge in [0.05, 0.1) is 0 Å². The molecule has 0 bridgehead atoms. The van der Waals surface area contributed by atoms with Crippen LogP contribution < -0.4 is 0 Å². The fraction of sp³-hybridized carbons (Fsp3) is 0.0930. The van der Waals surface area contributed by atoms with Crippen molar-refractivity contribution in [1.29, 1.82) is 0 Å². The highest BCUT2D eigenvalue weighted by Gasteiger charge is 2.22. The average molecular weight is 594 g/mol. The summed E-state index contributed by atoms with van der Waals surface area (Å²) in [5, 5.41) is 0. The Morgan fingerprint density at radius 3 is 0.826 bits per heavy atom. The van der Waals surface area contributed by atoms with E-state index in [1.165, 1.54) is 0 Å². The Bertz CT molecular complexity index is 1840. The predicted molar refractivity (Wildman–Crippen MR) is 191 cm³/mol. The van der Waals surface area contributed by atoms with Crippen LogP contribution in [-0.2, 0) is 5.41 Å². The van der Waals surface area contributed by atoms with Crippen molar-refractivity contribution in [2.24, 2.45) is 0 Å². The summed E-state index contributed by atoms with van der Waals surface area (Å²) >= 11 is 0. The fourth-order valence-electron chi connectivity index (χ4n) is 5.67. The zero-order valence-electron chi connectivity index (χ0n) is 26.4. The Hall–Kier alpha value is -5.67. The molecular formula is C43H35N3. The molecule has 0 atom stereocenters. The third-order valence-electron chi connectivity index (χ3n) is 8.12. The first-order valence-electron chi connectivity index (χ1n) is 15.7. The normalized spacial score (nSPS) is 11.4. The Morgan fingerprint density at radius 2 is 0.565 bits per heavy atom. The third-order valence-corrected chi connectivity index (χ3v) is 8.12. The van der Waals surface area contributed by atoms with Gasteiger partial charge in [-0.25, -0.2) is 15.0 Å². The van der Waals surface area contributed by atoms with E-state index in [4.69, 9.17) is 15.0 Å². The molecule has 1 aromatic heterocycles. The van der Waals surface area contributed by atoms with Gasteiger partial charge < -0.3 is 0 Å². The Labute approximate surface area is 271 Å². The summed E-state index contributed by atoms with van der Waals surface area (Å²) in [5.41, 5.74) is 10.7. The summed E-state index contributed by atoms with van der Waals surface area (Å²) < 4.78 is 0. The summed E-state index contributed by atoms with van der Waals surface area (Å²) in [6, 6.07) is 55.3. The van der Waals surface area contributed by atoms with Crippen molar-refractivity contribution in [2.75, 3.05) is 0 Å². The highest BCUT2D eigenvalue weighted by Crippen LogP contribution is 2.35. The molecule has 222 valence electrons. The maximum atomic E-state index is 5.20. The summed E-state index contributed by atoms with van der Waals surface area (Å²) in [7, 11) is 0. The molecule has 0 aliphatic carbocycles. The zero-order valence-corrected chi connectivity index (χ0v) is 26.4. The molecule has 6 aromatic carbocycles. The van der Waals surface area contributed by atoms with Crippen LogP contribution in [0.5, 0.6) is 0 Å². The van der Waals surface area contributed by atoms with E-state index in [2.05, 4.69) is 154 Å². The van der Waals surface area contributed by atoms with Gasteiger partial charge in [-0.2, -0.15) is 0 Å². The van der Waals surface area contributed by atoms with Crippen molar-refractivity contribution in [3.05, 3.63) is 164 Å². The lowest BCUT2D eigenvalue weighted by atomic mass is 9.93. The van der Waals surface area contributed by atoms with Crippen LogP contribution in [0.25, 0.3) is 67.3 Å². The molecule has 0 radical (unpaired) electrons. The Kier molecular flexibility index (Phi) is 7.82. The van der Waals surface area contributed by atoms with Crippen molar-refractivity contribution >= 4 is 0 Å². The zero-order chi connectivity index (χ0) is 31.5. The third kappa shape index (κ3) is 6.27. The predicted octanol–water partition coefficient (Wildman–Crippen LogP) is 11.2. The van der Waals surface area contributed by atoms with E-state index in [-0.39, 0.29) is 5.41 Å². The molecule has 3 nitrogen and oxygen atoms in total. The monoisotopic (exact) mass is 593 g/mol. The highest BCUT2D eigenvalue weighted by molar-refractivity contribution is 5.82. The van der Waals surface area contributed by atoms with Gasteiger partial charge in [-0.1, -0.05) is 142 Å². The van der Waals surface area contributed by atoms with Crippen molar-refractivity contribution < 1.29 is 0 Å². The molecule has 0 aliphatic heterocycles. The van der Waals surface area contributed by atoms with Gasteiger partial charge in [-0.05, 0) is 80.9 Å². The second kappa shape index (κ2) is 12.4. The maximum absolute atomic E-state index is 5.20. The summed E-state index contributed by atoms with van der Waals surface area (Å²) in [4.78, 5) is 15.4. The fourth-order valence-corrected chi connectivity index (χ4v) is 5.67. The van der Waals surface area contributed by atoms with Gasteiger partial charge in [0.15, 0.2) is 11.6 Å². The second-order valence-corrected chi connectivity index (χ2v) is 12.6. The van der Waals surface area contributed by atoms with E-state index >= 15 is 0 Å². The van der Waals surface area contributed by atoms with E-state index in [0.29, 0.717) is 11.6 Å². The molecule has 0 unspecified atom stereocenters. The number of nitrogens with zero attached hydrogens (tertiary/aromatic N) is 3. The maximum Gasteiger partial charge on any atom is 0.163 e. The standard InChI is InChI=1S/C43H35N3/c1-43(2,3)42-45-40(38-26-34(30-16-8-4-9-17-30)24-35(27-38)31-18-10-5-11-19-31)44-41(46-42)39-28-36(32-20-12-6-13-21-32)25-37(29-39)33-22-14-7-15-23-33/h4-29H,1-3H3. The minimum atomic E-state index is -0.287. The molecule has 46 heavy (non-hydrogen) atoms. The molecule has 0 saturated carbocycles. The van der Waals surface area contributed by atoms with Crippen molar-refractivity contribution in [3.8, 4) is 67.3 Å². The van der Waals surface area contributed by atoms with Gasteiger partial charge in [0.25, 0.3) is 0 Å². The number of aromatic nitrogens is 3. The van der Waals surface area contributed by atoms with Gasteiger partial charge in [0, 0.05) is 16.5 Å². The van der Waals surface area contributed by atoms with Crippen LogP contribution in [0.3, 0.4) is 0 Å². The van der Waals surface area contributed by atoms with E-state index in [9.17, 15) is 0 Å². The quantitative estimate of drug-likeness (QED) is 0.192. The second-order valence-electron chi connectivity index (χ2n) is 12.6. The van der Waals surface area contributed by atoms with E-state index < -0.39 is 0 Å². The van der Waals surface area contributed by atoms with Crippen molar-refractivity contribution in [2.45, 2.75) is 26.2 Å². The van der Waals surface area contributed by atoms with Gasteiger partial charge in [-0.3, -0.25) is 0 Å². The first kappa shape index (κ1) is 29.1. The first-order valence-corrected chi connectivity index (χ1v) is 15.7. The number of rotatable bonds is 6. The van der Waals surface area contributed by atoms with E-state index in [1.54, 1.807) is 0 Å². The molecule has 0 spiro atoms. The number of benzene rings is 6. The van der Waals surface area contributed by atoms with Gasteiger partial charge >= 0.3 is 0 Å². The van der Waals surface area contributed by atoms with Gasteiger partial charge in [-0.15, -0.1) is 0 Å². The lowest BCUT2D eigenvalue weighted by molar-refractivity contribution is 0.543. The molecule has 0 fully saturated rings. The summed E-state index contributed by atoms with van der Waals surface area (Å²) in [5.74, 6) is 2.08. The largest absolute Gasteiger partial charge is 0.212 e. The smallest absolute Gasteiger partial charge is 0.163 e. The summed E-state index contributed by atoms with van der Waals surface area (Å²) in [6.45, 7) is 6.46. The topological polar surface area (TPSA) is 38.7 Å². The van der Waals surface area contributed by atoms with Crippen LogP contribution >= 0.6 is 0 Å². The van der Waals surface area contributed by atoms with E-state index in [0.717, 1.165) is 61.5 Å². The molecular weight excluding hydrogens is 558 g/mol. The lowest BCUT2D eigenvalue weighted by Crippen LogP contribution is -2.18. The Morgan fingerprint density at radius 1 is 0.304 bits per heavy atom. The number of hydrogen-bond acceptors (Lipinski definition) is 3. The minimum absolute atomic E-state index is 0.287. The van der Waals surface area contributed by atoms with Crippen LogP contribution in [0.1, 0.15) is 26.6 Å². The SMILES string of the molecule is CC(C)(C)c1nc(-c2cc(-c3ccccc3)cc(-c3ccccc3)c2)nc(-c2cc(-c3ccccc3)cc(-c3ccccc3)c2)n1. The van der Waals surface area contributed by atoms with Crippen LogP contribution in [0.2, 0.25) is 0 Å². The van der Waals surface area contributed by atoms with Crippen LogP contribution in [-0.4, -0.2) is 15.0 Å². The van der Waals surface area contributed by atoms with Crippen molar-refractivity contribution in [3.63, 3.8) is 0 Å². The van der Waals surface area contributed by atoms with Gasteiger partial charge in [0.2, 0.25) is 0 Å². The molecule has 0 amide bonds. The van der Waals surface area contributed by atoms with E-state index in [1.807, 2.05) is 24.3 Å². The highest BCUT2D eigenvalue weighted by atomic mass is 15.0. The number of hydrogen-bond donors (Lipinski definition) is 0. The average Bonchev–Trinajstić information content (AvgIpc) is 3.12. The van der Waals surface area contributed by atoms with Gasteiger partial charge in [0.1, 0.15) is 5.82 Å². The van der Waals surface area contributed by atoms with Crippen LogP contribution in [0.15, 0.2) is 158 Å². The molecule has 0 aliphatic rings. The minimum Gasteiger partial charge on any atom is -0.212 e. The van der Waals surface area contributed by atoms with Crippen LogP contribution in [0, 0.1) is 0 Å². The molecule has 1 heterocycles.